The topological polar surface area (TPSA) is 38.5 Å². The average Bonchev–Trinajstić information content (AvgIpc) is 2.41. The Labute approximate surface area is 104 Å². The maximum Gasteiger partial charge on any atom is 0.123 e. The summed E-state index contributed by atoms with van der Waals surface area (Å²) < 4.78 is 5.44. The number of benzene rings is 1. The van der Waals surface area contributed by atoms with E-state index < -0.39 is 0 Å². The van der Waals surface area contributed by atoms with E-state index in [1.54, 1.807) is 7.11 Å². The van der Waals surface area contributed by atoms with Crippen molar-refractivity contribution in [2.75, 3.05) is 26.7 Å². The average molecular weight is 234 g/mol. The highest BCUT2D eigenvalue weighted by Gasteiger charge is 2.23. The van der Waals surface area contributed by atoms with Crippen LogP contribution in [0.3, 0.4) is 0 Å². The van der Waals surface area contributed by atoms with Crippen molar-refractivity contribution in [2.24, 2.45) is 5.73 Å². The first kappa shape index (κ1) is 12.4. The fraction of sp³-hybridized carbons (Fsp3) is 0.571. The van der Waals surface area contributed by atoms with Crippen LogP contribution in [0.15, 0.2) is 24.3 Å². The van der Waals surface area contributed by atoms with Crippen molar-refractivity contribution in [1.82, 2.24) is 4.90 Å². The van der Waals surface area contributed by atoms with Gasteiger partial charge in [-0.25, -0.2) is 0 Å². The van der Waals surface area contributed by atoms with Gasteiger partial charge in [0.1, 0.15) is 5.75 Å². The fourth-order valence-corrected chi connectivity index (χ4v) is 2.64. The van der Waals surface area contributed by atoms with Crippen molar-refractivity contribution in [1.29, 1.82) is 0 Å². The summed E-state index contributed by atoms with van der Waals surface area (Å²) in [6.45, 7) is 2.96. The summed E-state index contributed by atoms with van der Waals surface area (Å²) in [7, 11) is 1.72. The van der Waals surface area contributed by atoms with Crippen LogP contribution in [0.1, 0.15) is 30.9 Å². The third-order valence-electron chi connectivity index (χ3n) is 3.55. The maximum atomic E-state index is 5.96. The predicted octanol–water partition coefficient (Wildman–Crippen LogP) is 2.18. The van der Waals surface area contributed by atoms with Crippen LogP contribution in [0.2, 0.25) is 0 Å². The smallest absolute Gasteiger partial charge is 0.123 e. The van der Waals surface area contributed by atoms with Crippen LogP contribution in [-0.2, 0) is 0 Å². The van der Waals surface area contributed by atoms with Gasteiger partial charge in [0.25, 0.3) is 0 Å². The standard InChI is InChI=1S/C14H22N2O/c1-17-14-8-4-3-7-12(14)13(11-15)16-9-5-2-6-10-16/h3-4,7-8,13H,2,5-6,9-11,15H2,1H3/t13-/m0/s1. The highest BCUT2D eigenvalue weighted by atomic mass is 16.5. The fourth-order valence-electron chi connectivity index (χ4n) is 2.64. The van der Waals surface area contributed by atoms with Gasteiger partial charge >= 0.3 is 0 Å². The van der Waals surface area contributed by atoms with Gasteiger partial charge in [-0.2, -0.15) is 0 Å². The van der Waals surface area contributed by atoms with Crippen molar-refractivity contribution in [2.45, 2.75) is 25.3 Å². The highest BCUT2D eigenvalue weighted by molar-refractivity contribution is 5.36. The summed E-state index contributed by atoms with van der Waals surface area (Å²) in [5.41, 5.74) is 7.18. The van der Waals surface area contributed by atoms with Crippen LogP contribution in [0.5, 0.6) is 5.75 Å². The van der Waals surface area contributed by atoms with E-state index in [0.717, 1.165) is 18.8 Å². The van der Waals surface area contributed by atoms with Gasteiger partial charge in [0.05, 0.1) is 13.2 Å². The predicted molar refractivity (Wildman–Crippen MR) is 70.2 cm³/mol. The van der Waals surface area contributed by atoms with Gasteiger partial charge in [0.15, 0.2) is 0 Å². The molecule has 1 aromatic rings. The largest absolute Gasteiger partial charge is 0.496 e. The van der Waals surface area contributed by atoms with Crippen LogP contribution < -0.4 is 10.5 Å². The molecule has 0 bridgehead atoms. The Bertz CT molecular complexity index is 348. The molecule has 1 atom stereocenters. The van der Waals surface area contributed by atoms with Crippen LogP contribution >= 0.6 is 0 Å². The monoisotopic (exact) mass is 234 g/mol. The van der Waals surface area contributed by atoms with Crippen molar-refractivity contribution >= 4 is 0 Å². The van der Waals surface area contributed by atoms with E-state index in [4.69, 9.17) is 10.5 Å². The lowest BCUT2D eigenvalue weighted by atomic mass is 10.0. The van der Waals surface area contributed by atoms with Gasteiger partial charge in [-0.1, -0.05) is 24.6 Å². The molecule has 3 heteroatoms. The first-order chi connectivity index (χ1) is 8.36. The van der Waals surface area contributed by atoms with Crippen molar-refractivity contribution < 1.29 is 4.74 Å². The van der Waals surface area contributed by atoms with Crippen molar-refractivity contribution in [3.05, 3.63) is 29.8 Å². The molecule has 0 aromatic heterocycles. The molecule has 1 fully saturated rings. The third-order valence-corrected chi connectivity index (χ3v) is 3.55. The lowest BCUT2D eigenvalue weighted by Crippen LogP contribution is -2.37. The molecule has 0 unspecified atom stereocenters. The van der Waals surface area contributed by atoms with Crippen LogP contribution in [0.4, 0.5) is 0 Å². The molecule has 2 N–H and O–H groups in total. The van der Waals surface area contributed by atoms with E-state index in [-0.39, 0.29) is 0 Å². The molecular weight excluding hydrogens is 212 g/mol. The van der Waals surface area contributed by atoms with Crippen molar-refractivity contribution in [3.8, 4) is 5.75 Å². The third kappa shape index (κ3) is 2.79. The van der Waals surface area contributed by atoms with Gasteiger partial charge in [-0.15, -0.1) is 0 Å². The molecule has 0 spiro atoms. The van der Waals surface area contributed by atoms with E-state index in [9.17, 15) is 0 Å². The SMILES string of the molecule is COc1ccccc1[C@H](CN)N1CCCCC1. The molecule has 0 aliphatic carbocycles. The van der Waals surface area contributed by atoms with Gasteiger partial charge in [0.2, 0.25) is 0 Å². The van der Waals surface area contributed by atoms with E-state index in [0.29, 0.717) is 12.6 Å². The van der Waals surface area contributed by atoms with E-state index >= 15 is 0 Å². The van der Waals surface area contributed by atoms with Crippen LogP contribution in [0, 0.1) is 0 Å². The van der Waals surface area contributed by atoms with Gasteiger partial charge < -0.3 is 10.5 Å². The van der Waals surface area contributed by atoms with Gasteiger partial charge in [-0.3, -0.25) is 4.90 Å². The summed E-state index contributed by atoms with van der Waals surface area (Å²) >= 11 is 0. The molecular formula is C14H22N2O. The molecule has 1 saturated heterocycles. The Morgan fingerprint density at radius 1 is 1.24 bits per heavy atom. The minimum Gasteiger partial charge on any atom is -0.496 e. The number of nitrogens with zero attached hydrogens (tertiary/aromatic N) is 1. The highest BCUT2D eigenvalue weighted by Crippen LogP contribution is 2.30. The molecule has 1 heterocycles. The summed E-state index contributed by atoms with van der Waals surface area (Å²) in [6.07, 6.45) is 3.91. The molecule has 0 amide bonds. The Kier molecular flexibility index (Phi) is 4.40. The number of nitrogens with two attached hydrogens (primary N) is 1. The second-order valence-electron chi connectivity index (χ2n) is 4.59. The minimum absolute atomic E-state index is 0.298. The number of methoxy groups -OCH3 is 1. The normalized spacial score (nSPS) is 18.9. The van der Waals surface area contributed by atoms with Crippen molar-refractivity contribution in [3.63, 3.8) is 0 Å². The molecule has 0 saturated carbocycles. The number of ether oxygens (including phenoxy) is 1. The molecule has 1 aliphatic rings. The number of para-hydroxylation sites is 1. The molecule has 17 heavy (non-hydrogen) atoms. The number of hydrogen-bond acceptors (Lipinski definition) is 3. The van der Waals surface area contributed by atoms with E-state index in [2.05, 4.69) is 17.0 Å². The van der Waals surface area contributed by atoms with Gasteiger partial charge in [0, 0.05) is 12.1 Å². The number of rotatable bonds is 4. The molecule has 94 valence electrons. The molecule has 1 aliphatic heterocycles. The van der Waals surface area contributed by atoms with E-state index in [1.807, 2.05) is 12.1 Å². The van der Waals surface area contributed by atoms with Gasteiger partial charge in [-0.05, 0) is 32.0 Å². The Morgan fingerprint density at radius 2 is 1.94 bits per heavy atom. The number of likely N-dealkylation sites (tertiary alicyclic amines) is 1. The second kappa shape index (κ2) is 6.03. The van der Waals surface area contributed by atoms with Crippen LogP contribution in [0.25, 0.3) is 0 Å². The first-order valence-corrected chi connectivity index (χ1v) is 6.44. The molecule has 3 nitrogen and oxygen atoms in total. The summed E-state index contributed by atoms with van der Waals surface area (Å²) in [6, 6.07) is 8.51. The Hall–Kier alpha value is -1.06. The lowest BCUT2D eigenvalue weighted by Gasteiger charge is -2.34. The molecule has 0 radical (unpaired) electrons. The van der Waals surface area contributed by atoms with E-state index in [1.165, 1.54) is 24.8 Å². The first-order valence-electron chi connectivity index (χ1n) is 6.44. The zero-order valence-corrected chi connectivity index (χ0v) is 10.6. The lowest BCUT2D eigenvalue weighted by molar-refractivity contribution is 0.165. The summed E-state index contributed by atoms with van der Waals surface area (Å²) in [5, 5.41) is 0. The number of piperidine rings is 1. The molecule has 1 aromatic carbocycles. The minimum atomic E-state index is 0.298. The maximum absolute atomic E-state index is 5.96. The zero-order valence-electron chi connectivity index (χ0n) is 10.6. The summed E-state index contributed by atoms with van der Waals surface area (Å²) in [5.74, 6) is 0.952. The molecule has 2 rings (SSSR count). The second-order valence-corrected chi connectivity index (χ2v) is 4.59. The Balaban J connectivity index is 2.21. The Morgan fingerprint density at radius 3 is 2.59 bits per heavy atom. The zero-order chi connectivity index (χ0) is 12.1. The quantitative estimate of drug-likeness (QED) is 0.868. The number of hydrogen-bond donors (Lipinski definition) is 1. The summed E-state index contributed by atoms with van der Waals surface area (Å²) in [4.78, 5) is 2.49. The van der Waals surface area contributed by atoms with Crippen LogP contribution in [-0.4, -0.2) is 31.6 Å².